The van der Waals surface area contributed by atoms with Crippen LogP contribution in [-0.4, -0.2) is 32.4 Å². The van der Waals surface area contributed by atoms with Crippen LogP contribution in [0.15, 0.2) is 70.6 Å². The highest BCUT2D eigenvalue weighted by Crippen LogP contribution is 2.32. The topological polar surface area (TPSA) is 71.5 Å². The molecule has 0 spiro atoms. The molecule has 0 amide bonds. The molecule has 0 radical (unpaired) electrons. The van der Waals surface area contributed by atoms with Gasteiger partial charge in [-0.1, -0.05) is 49.2 Å². The fraction of sp³-hybridized carbons (Fsp3) is 0.391. The molecule has 0 saturated carbocycles. The summed E-state index contributed by atoms with van der Waals surface area (Å²) < 4.78 is 54.3. The first-order valence-electron chi connectivity index (χ1n) is 10.1. The second kappa shape index (κ2) is 8.55. The lowest BCUT2D eigenvalue weighted by Crippen LogP contribution is -2.43. The summed E-state index contributed by atoms with van der Waals surface area (Å²) in [5.41, 5.74) is 1.97. The first kappa shape index (κ1) is 22.6. The molecule has 30 heavy (non-hydrogen) atoms. The van der Waals surface area contributed by atoms with Crippen molar-refractivity contribution >= 4 is 19.9 Å². The van der Waals surface area contributed by atoms with E-state index in [1.807, 2.05) is 27.7 Å². The molecule has 2 aromatic carbocycles. The van der Waals surface area contributed by atoms with E-state index in [2.05, 4.69) is 0 Å². The molecule has 2 atom stereocenters. The lowest BCUT2D eigenvalue weighted by Gasteiger charge is -2.36. The summed E-state index contributed by atoms with van der Waals surface area (Å²) in [5.74, 6) is 0.222. The highest BCUT2D eigenvalue weighted by Gasteiger charge is 2.38. The fourth-order valence-electron chi connectivity index (χ4n) is 3.74. The molecule has 0 saturated heterocycles. The standard InChI is InChI=1S/C23H29NO4S2/c1-17(2)15-20-16-23(29(25,26)21-9-5-18(3)6-10-21)13-14-24(20)30(27,28)22-11-7-19(4)8-12-22/h5-14,17,20,23H,15-16H2,1-4H3. The Labute approximate surface area is 180 Å². The predicted molar refractivity (Wildman–Crippen MR) is 119 cm³/mol. The van der Waals surface area contributed by atoms with Gasteiger partial charge in [-0.3, -0.25) is 4.31 Å². The van der Waals surface area contributed by atoms with Gasteiger partial charge < -0.3 is 0 Å². The van der Waals surface area contributed by atoms with Crippen LogP contribution >= 0.6 is 0 Å². The highest BCUT2D eigenvalue weighted by atomic mass is 32.2. The number of rotatable bonds is 6. The maximum atomic E-state index is 13.3. The summed E-state index contributed by atoms with van der Waals surface area (Å²) >= 11 is 0. The van der Waals surface area contributed by atoms with E-state index in [0.29, 0.717) is 6.42 Å². The molecular formula is C23H29NO4S2. The Morgan fingerprint density at radius 3 is 1.87 bits per heavy atom. The molecule has 5 nitrogen and oxygen atoms in total. The van der Waals surface area contributed by atoms with Crippen molar-refractivity contribution in [3.8, 4) is 0 Å². The van der Waals surface area contributed by atoms with Crippen molar-refractivity contribution in [1.29, 1.82) is 0 Å². The molecule has 1 aliphatic rings. The third-order valence-electron chi connectivity index (χ3n) is 5.40. The first-order valence-corrected chi connectivity index (χ1v) is 13.1. The Balaban J connectivity index is 1.98. The van der Waals surface area contributed by atoms with E-state index in [0.717, 1.165) is 11.1 Å². The number of hydrogen-bond donors (Lipinski definition) is 0. The van der Waals surface area contributed by atoms with Gasteiger partial charge >= 0.3 is 0 Å². The molecule has 2 unspecified atom stereocenters. The van der Waals surface area contributed by atoms with Gasteiger partial charge in [0.1, 0.15) is 0 Å². The molecule has 0 fully saturated rings. The molecule has 2 aromatic rings. The zero-order chi connectivity index (χ0) is 22.1. The first-order chi connectivity index (χ1) is 14.0. The summed E-state index contributed by atoms with van der Waals surface area (Å²) in [6.07, 6.45) is 3.77. The van der Waals surface area contributed by atoms with Gasteiger partial charge in [-0.05, 0) is 62.9 Å². The fourth-order valence-corrected chi connectivity index (χ4v) is 6.87. The van der Waals surface area contributed by atoms with Gasteiger partial charge in [0.15, 0.2) is 9.84 Å². The van der Waals surface area contributed by atoms with Crippen LogP contribution in [0.1, 0.15) is 37.8 Å². The van der Waals surface area contributed by atoms with Crippen LogP contribution in [0, 0.1) is 19.8 Å². The van der Waals surface area contributed by atoms with E-state index >= 15 is 0 Å². The van der Waals surface area contributed by atoms with Crippen molar-refractivity contribution in [1.82, 2.24) is 4.31 Å². The number of sulfone groups is 1. The largest absolute Gasteiger partial charge is 0.271 e. The van der Waals surface area contributed by atoms with Gasteiger partial charge in [0, 0.05) is 12.2 Å². The van der Waals surface area contributed by atoms with E-state index in [1.54, 1.807) is 48.5 Å². The average Bonchev–Trinajstić information content (AvgIpc) is 2.68. The summed E-state index contributed by atoms with van der Waals surface area (Å²) in [5, 5.41) is -0.756. The minimum absolute atomic E-state index is 0.214. The zero-order valence-electron chi connectivity index (χ0n) is 17.8. The van der Waals surface area contributed by atoms with E-state index in [1.165, 1.54) is 16.6 Å². The lowest BCUT2D eigenvalue weighted by atomic mass is 9.98. The number of nitrogens with zero attached hydrogens (tertiary/aromatic N) is 1. The van der Waals surface area contributed by atoms with Crippen LogP contribution in [0.5, 0.6) is 0 Å². The summed E-state index contributed by atoms with van der Waals surface area (Å²) in [4.78, 5) is 0.479. The second-order valence-electron chi connectivity index (χ2n) is 8.41. The second-order valence-corrected chi connectivity index (χ2v) is 12.4. The monoisotopic (exact) mass is 447 g/mol. The Bertz CT molecular complexity index is 1120. The van der Waals surface area contributed by atoms with E-state index in [-0.39, 0.29) is 22.1 Å². The molecule has 7 heteroatoms. The molecular weight excluding hydrogens is 418 g/mol. The van der Waals surface area contributed by atoms with E-state index in [9.17, 15) is 16.8 Å². The Kier molecular flexibility index (Phi) is 6.43. The van der Waals surface area contributed by atoms with Crippen molar-refractivity contribution in [2.45, 2.75) is 61.6 Å². The SMILES string of the molecule is Cc1ccc(S(=O)(=O)C2C=CN(S(=O)(=O)c3ccc(C)cc3)C(CC(C)C)C2)cc1. The van der Waals surface area contributed by atoms with Gasteiger partial charge in [0.05, 0.1) is 15.0 Å². The predicted octanol–water partition coefficient (Wildman–Crippen LogP) is 4.47. The summed E-state index contributed by atoms with van der Waals surface area (Å²) in [6.45, 7) is 7.83. The number of sulfonamides is 1. The normalized spacial score (nSPS) is 20.0. The molecule has 162 valence electrons. The Morgan fingerprint density at radius 1 is 0.867 bits per heavy atom. The smallest absolute Gasteiger partial charge is 0.264 e. The van der Waals surface area contributed by atoms with Crippen LogP contribution < -0.4 is 0 Å². The maximum Gasteiger partial charge on any atom is 0.264 e. The molecule has 0 aromatic heterocycles. The molecule has 1 aliphatic heterocycles. The third-order valence-corrected chi connectivity index (χ3v) is 9.32. The molecule has 1 heterocycles. The molecule has 0 aliphatic carbocycles. The molecule has 0 N–H and O–H groups in total. The van der Waals surface area contributed by atoms with Crippen LogP contribution in [0.2, 0.25) is 0 Å². The van der Waals surface area contributed by atoms with E-state index in [4.69, 9.17) is 0 Å². The number of hydrogen-bond acceptors (Lipinski definition) is 4. The van der Waals surface area contributed by atoms with Gasteiger partial charge in [-0.25, -0.2) is 16.8 Å². The van der Waals surface area contributed by atoms with Gasteiger partial charge in [-0.15, -0.1) is 0 Å². The molecule has 0 bridgehead atoms. The minimum atomic E-state index is -3.76. The zero-order valence-corrected chi connectivity index (χ0v) is 19.4. The van der Waals surface area contributed by atoms with Gasteiger partial charge in [0.2, 0.25) is 0 Å². The maximum absolute atomic E-state index is 13.3. The number of benzene rings is 2. The van der Waals surface area contributed by atoms with Crippen molar-refractivity contribution in [3.05, 3.63) is 71.9 Å². The van der Waals surface area contributed by atoms with Crippen molar-refractivity contribution in [2.75, 3.05) is 0 Å². The Morgan fingerprint density at radius 2 is 1.37 bits per heavy atom. The van der Waals surface area contributed by atoms with E-state index < -0.39 is 31.2 Å². The Hall–Kier alpha value is -2.12. The lowest BCUT2D eigenvalue weighted by molar-refractivity contribution is 0.313. The minimum Gasteiger partial charge on any atom is -0.271 e. The van der Waals surface area contributed by atoms with Crippen molar-refractivity contribution in [2.24, 2.45) is 5.92 Å². The summed E-state index contributed by atoms with van der Waals surface area (Å²) in [6, 6.07) is 13.1. The van der Waals surface area contributed by atoms with Gasteiger partial charge in [-0.2, -0.15) is 0 Å². The molecule has 3 rings (SSSR count). The quantitative estimate of drug-likeness (QED) is 0.655. The van der Waals surface area contributed by atoms with Gasteiger partial charge in [0.25, 0.3) is 10.0 Å². The van der Waals surface area contributed by atoms with Crippen LogP contribution in [0.25, 0.3) is 0 Å². The highest BCUT2D eigenvalue weighted by molar-refractivity contribution is 7.92. The van der Waals surface area contributed by atoms with Crippen molar-refractivity contribution in [3.63, 3.8) is 0 Å². The van der Waals surface area contributed by atoms with Crippen LogP contribution in [0.3, 0.4) is 0 Å². The number of aryl methyl sites for hydroxylation is 2. The van der Waals surface area contributed by atoms with Crippen LogP contribution in [-0.2, 0) is 19.9 Å². The average molecular weight is 448 g/mol. The van der Waals surface area contributed by atoms with Crippen LogP contribution in [0.4, 0.5) is 0 Å². The summed E-state index contributed by atoms with van der Waals surface area (Å²) in [7, 11) is -7.36. The van der Waals surface area contributed by atoms with Crippen molar-refractivity contribution < 1.29 is 16.8 Å². The third kappa shape index (κ3) is 4.62.